The Morgan fingerprint density at radius 2 is 1.77 bits per heavy atom. The lowest BCUT2D eigenvalue weighted by atomic mass is 10.2. The van der Waals surface area contributed by atoms with Gasteiger partial charge in [0, 0.05) is 22.2 Å². The lowest BCUT2D eigenvalue weighted by Gasteiger charge is -2.21. The lowest BCUT2D eigenvalue weighted by molar-refractivity contribution is 0.0986. The molecule has 30 heavy (non-hydrogen) atoms. The first-order valence-corrected chi connectivity index (χ1v) is 10.8. The highest BCUT2D eigenvalue weighted by molar-refractivity contribution is 7.23. The van der Waals surface area contributed by atoms with Crippen molar-refractivity contribution in [3.05, 3.63) is 51.0 Å². The summed E-state index contributed by atoms with van der Waals surface area (Å²) in [5.41, 5.74) is 1.04. The molecule has 0 spiro atoms. The molecular formula is C20H21Cl4N3O2S. The third-order valence-corrected chi connectivity index (χ3v) is 6.21. The summed E-state index contributed by atoms with van der Waals surface area (Å²) in [6, 6.07) is 8.34. The van der Waals surface area contributed by atoms with Crippen LogP contribution in [0.5, 0.6) is 5.75 Å². The zero-order chi connectivity index (χ0) is 21.1. The van der Waals surface area contributed by atoms with E-state index in [1.165, 1.54) is 11.3 Å². The first-order chi connectivity index (χ1) is 13.8. The Morgan fingerprint density at radius 3 is 2.37 bits per heavy atom. The minimum atomic E-state index is -0.220. The van der Waals surface area contributed by atoms with Gasteiger partial charge in [0.1, 0.15) is 11.3 Å². The molecule has 1 amide bonds. The predicted molar refractivity (Wildman–Crippen MR) is 130 cm³/mol. The van der Waals surface area contributed by atoms with Gasteiger partial charge in [0.05, 0.1) is 16.8 Å². The summed E-state index contributed by atoms with van der Waals surface area (Å²) in [5.74, 6) is 0.390. The Balaban J connectivity index is 0.00000320. The molecule has 0 fully saturated rings. The number of carbonyl (C=O) groups is 1. The van der Waals surface area contributed by atoms with Crippen LogP contribution in [-0.2, 0) is 0 Å². The number of rotatable bonds is 7. The van der Waals surface area contributed by atoms with Crippen LogP contribution in [0.15, 0.2) is 30.3 Å². The average molecular weight is 509 g/mol. The molecule has 2 aromatic carbocycles. The minimum Gasteiger partial charge on any atom is -0.494 e. The van der Waals surface area contributed by atoms with E-state index in [1.54, 1.807) is 42.3 Å². The molecule has 1 aromatic heterocycles. The van der Waals surface area contributed by atoms with Gasteiger partial charge < -0.3 is 9.64 Å². The van der Waals surface area contributed by atoms with Crippen LogP contribution in [0.25, 0.3) is 10.2 Å². The summed E-state index contributed by atoms with van der Waals surface area (Å²) in [7, 11) is 5.56. The van der Waals surface area contributed by atoms with E-state index in [9.17, 15) is 4.79 Å². The van der Waals surface area contributed by atoms with Gasteiger partial charge in [-0.2, -0.15) is 0 Å². The summed E-state index contributed by atoms with van der Waals surface area (Å²) in [6.45, 7) is 1.32. The van der Waals surface area contributed by atoms with E-state index in [4.69, 9.17) is 39.5 Å². The van der Waals surface area contributed by atoms with Crippen molar-refractivity contribution in [1.82, 2.24) is 9.88 Å². The number of anilines is 1. The maximum absolute atomic E-state index is 13.3. The van der Waals surface area contributed by atoms with Crippen LogP contribution < -0.4 is 9.64 Å². The molecule has 162 valence electrons. The van der Waals surface area contributed by atoms with Crippen LogP contribution in [0.2, 0.25) is 15.1 Å². The van der Waals surface area contributed by atoms with Crippen molar-refractivity contribution < 1.29 is 9.53 Å². The summed E-state index contributed by atoms with van der Waals surface area (Å²) < 4.78 is 6.18. The number of carbonyl (C=O) groups excluding carboxylic acids is 1. The van der Waals surface area contributed by atoms with Gasteiger partial charge in [-0.15, -0.1) is 12.4 Å². The number of methoxy groups -OCH3 is 1. The molecule has 0 bridgehead atoms. The molecule has 0 unspecified atom stereocenters. The van der Waals surface area contributed by atoms with Crippen LogP contribution >= 0.6 is 58.5 Å². The fraction of sp³-hybridized carbons (Fsp3) is 0.300. The zero-order valence-electron chi connectivity index (χ0n) is 16.6. The van der Waals surface area contributed by atoms with Gasteiger partial charge in [-0.05, 0) is 57.4 Å². The number of aromatic nitrogens is 1. The molecule has 0 aliphatic heterocycles. The third kappa shape index (κ3) is 5.69. The molecule has 3 rings (SSSR count). The number of hydrogen-bond acceptors (Lipinski definition) is 5. The number of ether oxygens (including phenoxy) is 1. The van der Waals surface area contributed by atoms with E-state index in [2.05, 4.69) is 9.88 Å². The maximum atomic E-state index is 13.3. The van der Waals surface area contributed by atoms with Crippen molar-refractivity contribution in [2.24, 2.45) is 0 Å². The van der Waals surface area contributed by atoms with Gasteiger partial charge in [-0.25, -0.2) is 4.98 Å². The van der Waals surface area contributed by atoms with Gasteiger partial charge in [0.2, 0.25) is 0 Å². The normalized spacial score (nSPS) is 10.9. The summed E-state index contributed by atoms with van der Waals surface area (Å²) in [4.78, 5) is 21.7. The van der Waals surface area contributed by atoms with E-state index in [0.717, 1.165) is 17.7 Å². The second kappa shape index (κ2) is 10.8. The highest BCUT2D eigenvalue weighted by Crippen LogP contribution is 2.39. The Morgan fingerprint density at radius 1 is 1.10 bits per heavy atom. The first-order valence-electron chi connectivity index (χ1n) is 8.86. The number of halogens is 4. The van der Waals surface area contributed by atoms with Crippen molar-refractivity contribution in [2.75, 3.05) is 39.2 Å². The molecule has 0 aliphatic rings. The van der Waals surface area contributed by atoms with Crippen molar-refractivity contribution in [2.45, 2.75) is 6.42 Å². The molecule has 0 saturated carbocycles. The topological polar surface area (TPSA) is 45.7 Å². The molecule has 3 aromatic rings. The number of thiazole rings is 1. The summed E-state index contributed by atoms with van der Waals surface area (Å²) in [6.07, 6.45) is 0.772. The van der Waals surface area contributed by atoms with E-state index in [1.807, 2.05) is 14.1 Å². The Kier molecular flexibility index (Phi) is 9.03. The molecule has 5 nitrogen and oxygen atoms in total. The van der Waals surface area contributed by atoms with Gasteiger partial charge in [-0.3, -0.25) is 9.69 Å². The molecule has 0 N–H and O–H groups in total. The Hall–Kier alpha value is -1.28. The zero-order valence-corrected chi connectivity index (χ0v) is 20.5. The van der Waals surface area contributed by atoms with Gasteiger partial charge >= 0.3 is 0 Å². The molecule has 0 aliphatic carbocycles. The molecular weight excluding hydrogens is 488 g/mol. The molecule has 0 saturated heterocycles. The lowest BCUT2D eigenvalue weighted by Crippen LogP contribution is -2.33. The van der Waals surface area contributed by atoms with Gasteiger partial charge in [-0.1, -0.05) is 46.1 Å². The molecule has 0 atom stereocenters. The quantitative estimate of drug-likeness (QED) is 0.376. The van der Waals surface area contributed by atoms with E-state index >= 15 is 0 Å². The largest absolute Gasteiger partial charge is 0.494 e. The molecule has 0 radical (unpaired) electrons. The molecule has 1 heterocycles. The predicted octanol–water partition coefficient (Wildman–Crippen LogP) is 6.29. The highest BCUT2D eigenvalue weighted by Gasteiger charge is 2.23. The number of benzene rings is 2. The monoisotopic (exact) mass is 507 g/mol. The minimum absolute atomic E-state index is 0. The second-order valence-electron chi connectivity index (χ2n) is 6.70. The summed E-state index contributed by atoms with van der Waals surface area (Å²) in [5, 5.41) is 1.92. The van der Waals surface area contributed by atoms with Crippen LogP contribution in [0, 0.1) is 0 Å². The Bertz CT molecular complexity index is 1020. The number of fused-ring (bicyclic) bond motifs is 1. The summed E-state index contributed by atoms with van der Waals surface area (Å²) >= 11 is 19.9. The Labute approximate surface area is 200 Å². The number of amides is 1. The van der Waals surface area contributed by atoms with Crippen molar-refractivity contribution >= 4 is 79.8 Å². The third-order valence-electron chi connectivity index (χ3n) is 4.24. The van der Waals surface area contributed by atoms with Crippen LogP contribution in [0.1, 0.15) is 16.8 Å². The van der Waals surface area contributed by atoms with Crippen LogP contribution in [-0.4, -0.2) is 50.1 Å². The SMILES string of the molecule is COc1ccc(Cl)c2sc(N(CCCN(C)C)C(=O)c3cc(Cl)cc(Cl)c3)nc12.Cl. The fourth-order valence-electron chi connectivity index (χ4n) is 2.88. The van der Waals surface area contributed by atoms with Gasteiger partial charge in [0.15, 0.2) is 5.13 Å². The highest BCUT2D eigenvalue weighted by atomic mass is 35.5. The number of hydrogen-bond donors (Lipinski definition) is 0. The van der Waals surface area contributed by atoms with Crippen LogP contribution in [0.3, 0.4) is 0 Å². The number of nitrogens with zero attached hydrogens (tertiary/aromatic N) is 3. The van der Waals surface area contributed by atoms with E-state index in [-0.39, 0.29) is 18.3 Å². The maximum Gasteiger partial charge on any atom is 0.260 e. The smallest absolute Gasteiger partial charge is 0.260 e. The standard InChI is InChI=1S/C20H20Cl3N3O2S.ClH/c1-25(2)7-4-8-26(19(27)12-9-13(21)11-14(22)10-12)20-24-17-16(28-3)6-5-15(23)18(17)29-20;/h5-6,9-11H,4,7-8H2,1-3H3;1H. The fourth-order valence-corrected chi connectivity index (χ4v) is 4.69. The van der Waals surface area contributed by atoms with Crippen LogP contribution in [0.4, 0.5) is 5.13 Å². The van der Waals surface area contributed by atoms with E-state index < -0.39 is 0 Å². The van der Waals surface area contributed by atoms with Crippen molar-refractivity contribution in [1.29, 1.82) is 0 Å². The second-order valence-corrected chi connectivity index (χ2v) is 8.95. The molecule has 10 heteroatoms. The average Bonchev–Trinajstić information content (AvgIpc) is 3.10. The first kappa shape index (κ1) is 25.0. The van der Waals surface area contributed by atoms with Gasteiger partial charge in [0.25, 0.3) is 5.91 Å². The van der Waals surface area contributed by atoms with Crippen molar-refractivity contribution in [3.8, 4) is 5.75 Å². The van der Waals surface area contributed by atoms with E-state index in [0.29, 0.717) is 43.6 Å². The van der Waals surface area contributed by atoms with Crippen molar-refractivity contribution in [3.63, 3.8) is 0 Å².